The number of ether oxygens (including phenoxy) is 1. The van der Waals surface area contributed by atoms with Gasteiger partial charge in [-0.25, -0.2) is 0 Å². The Bertz CT molecular complexity index is 514. The van der Waals surface area contributed by atoms with Crippen LogP contribution in [-0.2, 0) is 4.74 Å². The van der Waals surface area contributed by atoms with Crippen LogP contribution in [0.1, 0.15) is 39.5 Å². The summed E-state index contributed by atoms with van der Waals surface area (Å²) in [6, 6.07) is 0. The molecule has 0 heterocycles. The lowest BCUT2D eigenvalue weighted by Gasteiger charge is -2.37. The molecular weight excluding hydrogens is 366 g/mol. The Hall–Kier alpha value is -0.800. The highest BCUT2D eigenvalue weighted by molar-refractivity contribution is 5.23. The fourth-order valence-electron chi connectivity index (χ4n) is 3.82. The van der Waals surface area contributed by atoms with Crippen molar-refractivity contribution in [1.82, 2.24) is 0 Å². The third-order valence-corrected chi connectivity index (χ3v) is 5.71. The summed E-state index contributed by atoms with van der Waals surface area (Å²) in [5.74, 6) is -1.86. The molecule has 0 aromatic rings. The first kappa shape index (κ1) is 21.5. The number of aliphatic hydroxyl groups is 2. The Balaban J connectivity index is 2.06. The topological polar surface area (TPSA) is 49.7 Å². The average molecular weight is 390 g/mol. The molecule has 0 radical (unpaired) electrons. The van der Waals surface area contributed by atoms with Crippen molar-refractivity contribution in [2.45, 2.75) is 63.8 Å². The first-order valence-electron chi connectivity index (χ1n) is 8.65. The fraction of sp³-hybridized carbons (Fsp3) is 0.882. The van der Waals surface area contributed by atoms with E-state index in [0.29, 0.717) is 19.3 Å². The minimum Gasteiger partial charge on any atom is -0.374 e. The molecule has 5 atom stereocenters. The SMILES string of the molecule is CCC(C)C(O)OCC1CC2=CC(CC(O)(C(F)(F)F)C(F)(F)F)C1C2. The average Bonchev–Trinajstić information content (AvgIpc) is 3.09. The number of hydrogen-bond donors (Lipinski definition) is 2. The molecule has 26 heavy (non-hydrogen) atoms. The van der Waals surface area contributed by atoms with Crippen LogP contribution in [0.25, 0.3) is 0 Å². The number of fused-ring (bicyclic) bond motifs is 2. The van der Waals surface area contributed by atoms with Crippen LogP contribution in [0.3, 0.4) is 0 Å². The van der Waals surface area contributed by atoms with Crippen LogP contribution in [0.15, 0.2) is 11.6 Å². The van der Waals surface area contributed by atoms with Crippen molar-refractivity contribution in [3.63, 3.8) is 0 Å². The molecule has 0 amide bonds. The lowest BCUT2D eigenvalue weighted by atomic mass is 9.77. The van der Waals surface area contributed by atoms with E-state index < -0.39 is 42.5 Å². The summed E-state index contributed by atoms with van der Waals surface area (Å²) in [5, 5.41) is 19.3. The monoisotopic (exact) mass is 390 g/mol. The standard InChI is InChI=1S/C17H24F6O3/c1-3-9(2)14(24)26-8-12-5-10-4-11(13(12)6-10)7-15(25,16(18,19)20)17(21,22)23/h4,9,11-14,24-25H,3,5-8H2,1-2H3. The maximum atomic E-state index is 12.9. The molecule has 2 rings (SSSR count). The lowest BCUT2D eigenvalue weighted by Crippen LogP contribution is -2.58. The van der Waals surface area contributed by atoms with Crippen LogP contribution < -0.4 is 0 Å². The van der Waals surface area contributed by atoms with Crippen molar-refractivity contribution in [2.24, 2.45) is 23.7 Å². The van der Waals surface area contributed by atoms with E-state index in [2.05, 4.69) is 0 Å². The molecule has 2 aliphatic carbocycles. The molecule has 0 spiro atoms. The summed E-state index contributed by atoms with van der Waals surface area (Å²) in [7, 11) is 0. The molecule has 2 N–H and O–H groups in total. The molecule has 0 aliphatic heterocycles. The second-order valence-electron chi connectivity index (χ2n) is 7.49. The Labute approximate surface area is 148 Å². The zero-order chi connectivity index (χ0) is 19.9. The van der Waals surface area contributed by atoms with Gasteiger partial charge in [0.2, 0.25) is 0 Å². The van der Waals surface area contributed by atoms with Crippen LogP contribution >= 0.6 is 0 Å². The number of hydrogen-bond acceptors (Lipinski definition) is 3. The minimum absolute atomic E-state index is 0.0699. The van der Waals surface area contributed by atoms with Gasteiger partial charge in [-0.2, -0.15) is 26.3 Å². The summed E-state index contributed by atoms with van der Waals surface area (Å²) in [4.78, 5) is 0. The molecule has 152 valence electrons. The molecular formula is C17H24F6O3. The van der Waals surface area contributed by atoms with Gasteiger partial charge in [0.05, 0.1) is 6.61 Å². The number of alkyl halides is 6. The quantitative estimate of drug-likeness (QED) is 0.389. The highest BCUT2D eigenvalue weighted by atomic mass is 19.4. The van der Waals surface area contributed by atoms with Gasteiger partial charge in [0.1, 0.15) is 0 Å². The van der Waals surface area contributed by atoms with E-state index in [0.717, 1.165) is 5.57 Å². The molecule has 2 bridgehead atoms. The maximum Gasteiger partial charge on any atom is 0.426 e. The van der Waals surface area contributed by atoms with E-state index >= 15 is 0 Å². The highest BCUT2D eigenvalue weighted by Crippen LogP contribution is 2.54. The van der Waals surface area contributed by atoms with E-state index in [9.17, 15) is 36.6 Å². The Morgan fingerprint density at radius 2 is 1.73 bits per heavy atom. The molecule has 2 aliphatic rings. The van der Waals surface area contributed by atoms with Crippen LogP contribution in [0, 0.1) is 23.7 Å². The fourth-order valence-corrected chi connectivity index (χ4v) is 3.82. The second-order valence-corrected chi connectivity index (χ2v) is 7.49. The van der Waals surface area contributed by atoms with Crippen molar-refractivity contribution < 1.29 is 41.3 Å². The normalized spacial score (nSPS) is 29.0. The van der Waals surface area contributed by atoms with Gasteiger partial charge in [0, 0.05) is 12.3 Å². The molecule has 3 nitrogen and oxygen atoms in total. The van der Waals surface area contributed by atoms with Crippen molar-refractivity contribution in [1.29, 1.82) is 0 Å². The largest absolute Gasteiger partial charge is 0.426 e. The van der Waals surface area contributed by atoms with Gasteiger partial charge in [-0.1, -0.05) is 25.5 Å². The zero-order valence-electron chi connectivity index (χ0n) is 14.6. The third kappa shape index (κ3) is 4.04. The van der Waals surface area contributed by atoms with Crippen LogP contribution in [0.4, 0.5) is 26.3 Å². The van der Waals surface area contributed by atoms with Crippen molar-refractivity contribution in [3.8, 4) is 0 Å². The second kappa shape index (κ2) is 7.31. The van der Waals surface area contributed by atoms with Gasteiger partial charge in [0.25, 0.3) is 5.60 Å². The van der Waals surface area contributed by atoms with E-state index in [1.54, 1.807) is 6.92 Å². The molecule has 5 unspecified atom stereocenters. The van der Waals surface area contributed by atoms with E-state index in [4.69, 9.17) is 4.74 Å². The van der Waals surface area contributed by atoms with Gasteiger partial charge < -0.3 is 14.9 Å². The van der Waals surface area contributed by atoms with Gasteiger partial charge in [-0.3, -0.25) is 0 Å². The Kier molecular flexibility index (Phi) is 6.05. The molecule has 1 saturated carbocycles. The van der Waals surface area contributed by atoms with E-state index in [-0.39, 0.29) is 18.4 Å². The lowest BCUT2D eigenvalue weighted by molar-refractivity contribution is -0.372. The van der Waals surface area contributed by atoms with E-state index in [1.807, 2.05) is 6.92 Å². The summed E-state index contributed by atoms with van der Waals surface area (Å²) >= 11 is 0. The Morgan fingerprint density at radius 1 is 1.15 bits per heavy atom. The first-order valence-corrected chi connectivity index (χ1v) is 8.65. The van der Waals surface area contributed by atoms with Gasteiger partial charge in [-0.05, 0) is 37.0 Å². The summed E-state index contributed by atoms with van der Waals surface area (Å²) in [5.41, 5.74) is -3.94. The summed E-state index contributed by atoms with van der Waals surface area (Å²) in [6.45, 7) is 3.72. The Morgan fingerprint density at radius 3 is 2.19 bits per heavy atom. The smallest absolute Gasteiger partial charge is 0.374 e. The van der Waals surface area contributed by atoms with E-state index in [1.165, 1.54) is 6.08 Å². The number of allylic oxidation sites excluding steroid dienone is 2. The molecule has 9 heteroatoms. The van der Waals surface area contributed by atoms with Crippen LogP contribution in [0.5, 0.6) is 0 Å². The van der Waals surface area contributed by atoms with Crippen molar-refractivity contribution >= 4 is 0 Å². The van der Waals surface area contributed by atoms with Crippen LogP contribution in [-0.4, -0.2) is 41.1 Å². The predicted octanol–water partition coefficient (Wildman–Crippen LogP) is 4.20. The number of halogens is 6. The zero-order valence-corrected chi connectivity index (χ0v) is 14.6. The molecule has 0 aromatic carbocycles. The summed E-state index contributed by atoms with van der Waals surface area (Å²) in [6.07, 6.45) is -11.0. The third-order valence-electron chi connectivity index (χ3n) is 5.71. The van der Waals surface area contributed by atoms with Crippen LogP contribution in [0.2, 0.25) is 0 Å². The molecule has 0 aromatic heterocycles. The number of aliphatic hydroxyl groups excluding tert-OH is 1. The van der Waals surface area contributed by atoms with Gasteiger partial charge >= 0.3 is 12.4 Å². The molecule has 0 saturated heterocycles. The summed E-state index contributed by atoms with van der Waals surface area (Å²) < 4.78 is 82.9. The van der Waals surface area contributed by atoms with Gasteiger partial charge in [-0.15, -0.1) is 0 Å². The highest BCUT2D eigenvalue weighted by Gasteiger charge is 2.71. The minimum atomic E-state index is -5.80. The van der Waals surface area contributed by atoms with Crippen molar-refractivity contribution in [2.75, 3.05) is 6.61 Å². The molecule has 1 fully saturated rings. The predicted molar refractivity (Wildman–Crippen MR) is 80.9 cm³/mol. The number of rotatable bonds is 7. The van der Waals surface area contributed by atoms with Crippen molar-refractivity contribution in [3.05, 3.63) is 11.6 Å². The first-order chi connectivity index (χ1) is 11.8. The maximum absolute atomic E-state index is 12.9. The van der Waals surface area contributed by atoms with Gasteiger partial charge in [0.15, 0.2) is 6.29 Å².